The quantitative estimate of drug-likeness (QED) is 0.847. The van der Waals surface area contributed by atoms with Crippen LogP contribution >= 0.6 is 15.9 Å². The number of anilines is 2. The number of nitrogens with one attached hydrogen (secondary N) is 1. The van der Waals surface area contributed by atoms with E-state index in [-0.39, 0.29) is 5.56 Å². The molecule has 0 atom stereocenters. The summed E-state index contributed by atoms with van der Waals surface area (Å²) in [7, 11) is 1.61. The van der Waals surface area contributed by atoms with Crippen molar-refractivity contribution in [3.05, 3.63) is 50.9 Å². The second-order valence-corrected chi connectivity index (χ2v) is 4.69. The molecule has 0 radical (unpaired) electrons. The van der Waals surface area contributed by atoms with Crippen LogP contribution in [0.25, 0.3) is 0 Å². The summed E-state index contributed by atoms with van der Waals surface area (Å²) in [6.45, 7) is 0.605. The third-order valence-electron chi connectivity index (χ3n) is 2.54. The Morgan fingerprint density at radius 3 is 2.72 bits per heavy atom. The van der Waals surface area contributed by atoms with Crippen LogP contribution in [0.3, 0.4) is 0 Å². The van der Waals surface area contributed by atoms with Gasteiger partial charge in [0.25, 0.3) is 5.56 Å². The number of hydrogen-bond acceptors (Lipinski definition) is 4. The van der Waals surface area contributed by atoms with Gasteiger partial charge in [-0.3, -0.25) is 4.79 Å². The minimum atomic E-state index is -0.169. The van der Waals surface area contributed by atoms with Crippen molar-refractivity contribution in [1.29, 1.82) is 0 Å². The Bertz CT molecular complexity index is 606. The lowest BCUT2D eigenvalue weighted by Crippen LogP contribution is -2.21. The number of aromatic nitrogens is 2. The zero-order valence-electron chi connectivity index (χ0n) is 9.85. The number of halogens is 1. The highest BCUT2D eigenvalue weighted by Crippen LogP contribution is 2.17. The molecule has 2 rings (SSSR count). The molecule has 0 saturated heterocycles. The van der Waals surface area contributed by atoms with Gasteiger partial charge in [0.1, 0.15) is 4.47 Å². The highest BCUT2D eigenvalue weighted by molar-refractivity contribution is 9.10. The standard InChI is InChI=1S/C12H13BrN4O/c1-17-12(18)11(13)10(7-16-17)15-6-8-2-4-9(14)5-3-8/h2-5,7,15H,6,14H2,1H3. The number of aryl methyl sites for hydroxylation is 1. The van der Waals surface area contributed by atoms with E-state index < -0.39 is 0 Å². The van der Waals surface area contributed by atoms with E-state index in [0.717, 1.165) is 11.3 Å². The highest BCUT2D eigenvalue weighted by atomic mass is 79.9. The Kier molecular flexibility index (Phi) is 3.66. The van der Waals surface area contributed by atoms with Gasteiger partial charge in [0, 0.05) is 19.3 Å². The second-order valence-electron chi connectivity index (χ2n) is 3.90. The van der Waals surface area contributed by atoms with Gasteiger partial charge in [0.05, 0.1) is 11.9 Å². The minimum absolute atomic E-state index is 0.169. The molecule has 6 heteroatoms. The molecular formula is C12H13BrN4O. The Hall–Kier alpha value is -1.82. The van der Waals surface area contributed by atoms with Gasteiger partial charge < -0.3 is 11.1 Å². The van der Waals surface area contributed by atoms with Gasteiger partial charge in [-0.05, 0) is 33.6 Å². The molecule has 5 nitrogen and oxygen atoms in total. The normalized spacial score (nSPS) is 10.3. The molecule has 0 saturated carbocycles. The molecule has 0 spiro atoms. The van der Waals surface area contributed by atoms with E-state index in [4.69, 9.17) is 5.73 Å². The first kappa shape index (κ1) is 12.6. The fourth-order valence-electron chi connectivity index (χ4n) is 1.47. The Balaban J connectivity index is 2.13. The third-order valence-corrected chi connectivity index (χ3v) is 3.31. The maximum absolute atomic E-state index is 11.6. The first-order valence-corrected chi connectivity index (χ1v) is 6.17. The zero-order valence-corrected chi connectivity index (χ0v) is 11.4. The molecule has 94 valence electrons. The molecule has 3 N–H and O–H groups in total. The van der Waals surface area contributed by atoms with Crippen molar-refractivity contribution in [2.45, 2.75) is 6.54 Å². The summed E-state index contributed by atoms with van der Waals surface area (Å²) in [5, 5.41) is 7.11. The van der Waals surface area contributed by atoms with E-state index in [1.54, 1.807) is 13.2 Å². The molecule has 0 fully saturated rings. The predicted molar refractivity (Wildman–Crippen MR) is 75.4 cm³/mol. The van der Waals surface area contributed by atoms with Crippen molar-refractivity contribution < 1.29 is 0 Å². The summed E-state index contributed by atoms with van der Waals surface area (Å²) in [5.74, 6) is 0. The van der Waals surface area contributed by atoms with Crippen molar-refractivity contribution in [2.75, 3.05) is 11.1 Å². The van der Waals surface area contributed by atoms with Crippen LogP contribution in [0.4, 0.5) is 11.4 Å². The molecule has 1 aromatic carbocycles. The molecule has 0 aliphatic heterocycles. The summed E-state index contributed by atoms with van der Waals surface area (Å²) < 4.78 is 1.76. The number of nitrogens with zero attached hydrogens (tertiary/aromatic N) is 2. The molecular weight excluding hydrogens is 296 g/mol. The molecule has 0 bridgehead atoms. The Morgan fingerprint density at radius 1 is 1.39 bits per heavy atom. The van der Waals surface area contributed by atoms with Crippen molar-refractivity contribution in [1.82, 2.24) is 9.78 Å². The van der Waals surface area contributed by atoms with Crippen LogP contribution in [-0.4, -0.2) is 9.78 Å². The van der Waals surface area contributed by atoms with Gasteiger partial charge in [-0.15, -0.1) is 0 Å². The van der Waals surface area contributed by atoms with Gasteiger partial charge in [-0.1, -0.05) is 12.1 Å². The number of nitrogen functional groups attached to an aromatic ring is 1. The van der Waals surface area contributed by atoms with Gasteiger partial charge in [-0.2, -0.15) is 5.10 Å². The fraction of sp³-hybridized carbons (Fsp3) is 0.167. The van der Waals surface area contributed by atoms with Crippen LogP contribution < -0.4 is 16.6 Å². The molecule has 1 heterocycles. The summed E-state index contributed by atoms with van der Waals surface area (Å²) in [6, 6.07) is 7.55. The van der Waals surface area contributed by atoms with Crippen LogP contribution in [0.15, 0.2) is 39.7 Å². The lowest BCUT2D eigenvalue weighted by atomic mass is 10.2. The monoisotopic (exact) mass is 308 g/mol. The number of nitrogens with two attached hydrogens (primary N) is 1. The molecule has 0 unspecified atom stereocenters. The van der Waals surface area contributed by atoms with Gasteiger partial charge in [0.15, 0.2) is 0 Å². The van der Waals surface area contributed by atoms with Gasteiger partial charge >= 0.3 is 0 Å². The fourth-order valence-corrected chi connectivity index (χ4v) is 1.97. The maximum atomic E-state index is 11.6. The van der Waals surface area contributed by atoms with E-state index in [1.165, 1.54) is 4.68 Å². The highest BCUT2D eigenvalue weighted by Gasteiger charge is 2.06. The van der Waals surface area contributed by atoms with E-state index >= 15 is 0 Å². The summed E-state index contributed by atoms with van der Waals surface area (Å²) in [4.78, 5) is 11.6. The molecule has 18 heavy (non-hydrogen) atoms. The molecule has 0 aliphatic rings. The minimum Gasteiger partial charge on any atom is -0.399 e. The average molecular weight is 309 g/mol. The van der Waals surface area contributed by atoms with Crippen LogP contribution in [-0.2, 0) is 13.6 Å². The smallest absolute Gasteiger partial charge is 0.282 e. The van der Waals surface area contributed by atoms with Gasteiger partial charge in [0.2, 0.25) is 0 Å². The number of hydrogen-bond donors (Lipinski definition) is 2. The van der Waals surface area contributed by atoms with Crippen molar-refractivity contribution in [2.24, 2.45) is 7.05 Å². The van der Waals surface area contributed by atoms with Crippen molar-refractivity contribution in [3.63, 3.8) is 0 Å². The zero-order chi connectivity index (χ0) is 13.1. The predicted octanol–water partition coefficient (Wildman–Crippen LogP) is 1.74. The van der Waals surface area contributed by atoms with Crippen LogP contribution in [0, 0.1) is 0 Å². The summed E-state index contributed by atoms with van der Waals surface area (Å²) >= 11 is 3.26. The number of benzene rings is 1. The molecule has 0 aliphatic carbocycles. The second kappa shape index (κ2) is 5.22. The Labute approximate surface area is 113 Å². The first-order valence-electron chi connectivity index (χ1n) is 5.38. The topological polar surface area (TPSA) is 72.9 Å². The van der Waals surface area contributed by atoms with E-state index in [0.29, 0.717) is 16.7 Å². The molecule has 1 aromatic heterocycles. The Morgan fingerprint density at radius 2 is 2.06 bits per heavy atom. The lowest BCUT2D eigenvalue weighted by Gasteiger charge is -2.08. The summed E-state index contributed by atoms with van der Waals surface area (Å²) in [6.07, 6.45) is 1.61. The van der Waals surface area contributed by atoms with Crippen molar-refractivity contribution in [3.8, 4) is 0 Å². The van der Waals surface area contributed by atoms with Crippen LogP contribution in [0.2, 0.25) is 0 Å². The SMILES string of the molecule is Cn1ncc(NCc2ccc(N)cc2)c(Br)c1=O. The van der Waals surface area contributed by atoms with Crippen LogP contribution in [0.1, 0.15) is 5.56 Å². The van der Waals surface area contributed by atoms with Crippen LogP contribution in [0.5, 0.6) is 0 Å². The van der Waals surface area contributed by atoms with Gasteiger partial charge in [-0.25, -0.2) is 4.68 Å². The largest absolute Gasteiger partial charge is 0.399 e. The molecule has 2 aromatic rings. The summed E-state index contributed by atoms with van der Waals surface area (Å²) in [5.41, 5.74) is 7.93. The first-order chi connectivity index (χ1) is 8.58. The van der Waals surface area contributed by atoms with E-state index in [9.17, 15) is 4.79 Å². The average Bonchev–Trinajstić information content (AvgIpc) is 2.37. The molecule has 0 amide bonds. The third kappa shape index (κ3) is 2.70. The maximum Gasteiger partial charge on any atom is 0.282 e. The van der Waals surface area contributed by atoms with E-state index in [2.05, 4.69) is 26.3 Å². The lowest BCUT2D eigenvalue weighted by molar-refractivity contribution is 0.703. The van der Waals surface area contributed by atoms with Crippen molar-refractivity contribution >= 4 is 27.3 Å². The van der Waals surface area contributed by atoms with E-state index in [1.807, 2.05) is 24.3 Å². The number of rotatable bonds is 3.